The van der Waals surface area contributed by atoms with Crippen molar-refractivity contribution in [2.24, 2.45) is 0 Å². The largest absolute Gasteiger partial charge is 0.493 e. The number of nitrogens with one attached hydrogen (secondary N) is 1. The Morgan fingerprint density at radius 1 is 1.13 bits per heavy atom. The number of benzene rings is 1. The number of nitrogens with zero attached hydrogens (tertiary/aromatic N) is 4. The highest BCUT2D eigenvalue weighted by Gasteiger charge is 2.28. The van der Waals surface area contributed by atoms with Gasteiger partial charge in [0.1, 0.15) is 22.9 Å². The van der Waals surface area contributed by atoms with Crippen LogP contribution in [0.2, 0.25) is 25.7 Å². The van der Waals surface area contributed by atoms with Crippen LogP contribution in [-0.4, -0.2) is 52.1 Å². The second kappa shape index (κ2) is 9.81. The molecule has 3 N–H and O–H groups in total. The predicted molar refractivity (Wildman–Crippen MR) is 152 cm³/mol. The average molecular weight is 547 g/mol. The number of halogens is 1. The van der Waals surface area contributed by atoms with Crippen LogP contribution < -0.4 is 15.2 Å². The van der Waals surface area contributed by atoms with Crippen molar-refractivity contribution in [3.05, 3.63) is 64.9 Å². The summed E-state index contributed by atoms with van der Waals surface area (Å²) < 4.78 is 28.1. The zero-order valence-electron chi connectivity index (χ0n) is 22.8. The predicted octanol–water partition coefficient (Wildman–Crippen LogP) is 5.59. The molecule has 5 rings (SSSR count). The molecule has 0 aliphatic heterocycles. The van der Waals surface area contributed by atoms with Crippen LogP contribution in [0.3, 0.4) is 0 Å². The van der Waals surface area contributed by atoms with Crippen LogP contribution in [0.25, 0.3) is 27.9 Å². The fraction of sp³-hybridized carbons (Fsp3) is 0.286. The number of aromatic amines is 1. The fourth-order valence-electron chi connectivity index (χ4n) is 4.62. The van der Waals surface area contributed by atoms with Gasteiger partial charge in [-0.05, 0) is 32.0 Å². The standard InChI is InChI=1S/C28H31FN6O3Si/c1-15-17(29)13-21(38-11-12-39(4,5)6)16(2)25(15)35-27(30)23(24-28(35)32-10-9-31-24)26(36)20-14-19-18(33-20)7-8-22(34-19)37-3/h7-10,13-14,33H,11-12,30H2,1-6H3. The van der Waals surface area contributed by atoms with Gasteiger partial charge in [-0.15, -0.1) is 0 Å². The van der Waals surface area contributed by atoms with Gasteiger partial charge in [0.15, 0.2) is 5.65 Å². The highest BCUT2D eigenvalue weighted by atomic mass is 28.3. The van der Waals surface area contributed by atoms with E-state index >= 15 is 4.39 Å². The molecule has 4 aromatic heterocycles. The molecule has 5 aromatic rings. The molecular formula is C28H31FN6O3Si. The van der Waals surface area contributed by atoms with Crippen LogP contribution in [0, 0.1) is 19.7 Å². The zero-order valence-corrected chi connectivity index (χ0v) is 23.8. The van der Waals surface area contributed by atoms with Crippen molar-refractivity contribution < 1.29 is 18.7 Å². The summed E-state index contributed by atoms with van der Waals surface area (Å²) in [5.74, 6) is 0.150. The molecule has 0 aliphatic carbocycles. The summed E-state index contributed by atoms with van der Waals surface area (Å²) in [5, 5.41) is 0. The Kier molecular flexibility index (Phi) is 6.63. The number of ether oxygens (including phenoxy) is 2. The molecule has 0 unspecified atom stereocenters. The van der Waals surface area contributed by atoms with Gasteiger partial charge in [0.25, 0.3) is 0 Å². The quantitative estimate of drug-likeness (QED) is 0.192. The Morgan fingerprint density at radius 3 is 2.59 bits per heavy atom. The lowest BCUT2D eigenvalue weighted by molar-refractivity contribution is 0.103. The third-order valence-electron chi connectivity index (χ3n) is 6.78. The van der Waals surface area contributed by atoms with Crippen LogP contribution in [0.4, 0.5) is 10.2 Å². The number of hydrogen-bond acceptors (Lipinski definition) is 7. The monoisotopic (exact) mass is 546 g/mol. The van der Waals surface area contributed by atoms with Crippen LogP contribution >= 0.6 is 0 Å². The van der Waals surface area contributed by atoms with E-state index in [0.29, 0.717) is 57.2 Å². The van der Waals surface area contributed by atoms with Gasteiger partial charge in [-0.3, -0.25) is 14.3 Å². The minimum Gasteiger partial charge on any atom is -0.493 e. The zero-order chi connectivity index (χ0) is 28.1. The summed E-state index contributed by atoms with van der Waals surface area (Å²) >= 11 is 0. The van der Waals surface area contributed by atoms with Crippen LogP contribution in [0.5, 0.6) is 11.6 Å². The summed E-state index contributed by atoms with van der Waals surface area (Å²) in [6, 6.07) is 7.47. The van der Waals surface area contributed by atoms with E-state index < -0.39 is 13.9 Å². The maximum absolute atomic E-state index is 15.3. The van der Waals surface area contributed by atoms with Crippen molar-refractivity contribution in [1.82, 2.24) is 24.5 Å². The van der Waals surface area contributed by atoms with E-state index in [-0.39, 0.29) is 22.9 Å². The average Bonchev–Trinajstić information content (AvgIpc) is 3.44. The second-order valence-corrected chi connectivity index (χ2v) is 16.4. The van der Waals surface area contributed by atoms with Crippen LogP contribution in [-0.2, 0) is 0 Å². The first-order valence-electron chi connectivity index (χ1n) is 12.6. The molecule has 9 nitrogen and oxygen atoms in total. The number of fused-ring (bicyclic) bond motifs is 2. The van der Waals surface area contributed by atoms with Gasteiger partial charge in [0, 0.05) is 43.7 Å². The normalized spacial score (nSPS) is 11.9. The van der Waals surface area contributed by atoms with Gasteiger partial charge in [-0.1, -0.05) is 19.6 Å². The molecule has 0 fully saturated rings. The number of anilines is 1. The smallest absolute Gasteiger partial charge is 0.215 e. The first-order valence-corrected chi connectivity index (χ1v) is 16.3. The first kappa shape index (κ1) is 26.4. The van der Waals surface area contributed by atoms with Gasteiger partial charge >= 0.3 is 0 Å². The Hall–Kier alpha value is -4.25. The first-order chi connectivity index (χ1) is 18.5. The third kappa shape index (κ3) is 4.74. The maximum atomic E-state index is 15.3. The van der Waals surface area contributed by atoms with Crippen molar-refractivity contribution in [1.29, 1.82) is 0 Å². The Morgan fingerprint density at radius 2 is 1.87 bits per heavy atom. The number of aromatic nitrogens is 5. The number of rotatable bonds is 8. The van der Waals surface area contributed by atoms with Crippen molar-refractivity contribution >= 4 is 41.9 Å². The molecule has 1 aromatic carbocycles. The van der Waals surface area contributed by atoms with Gasteiger partial charge in [-0.2, -0.15) is 0 Å². The second-order valence-electron chi connectivity index (χ2n) is 10.7. The Labute approximate surface area is 226 Å². The molecule has 0 aliphatic rings. The Balaban J connectivity index is 1.66. The van der Waals surface area contributed by atoms with Crippen molar-refractivity contribution in [3.8, 4) is 17.3 Å². The Bertz CT molecular complexity index is 1740. The highest BCUT2D eigenvalue weighted by molar-refractivity contribution is 6.76. The number of nitrogen functional groups attached to an aromatic ring is 1. The van der Waals surface area contributed by atoms with Gasteiger partial charge in [0.2, 0.25) is 11.7 Å². The number of hydrogen-bond donors (Lipinski definition) is 2. The number of nitrogens with two attached hydrogens (primary N) is 1. The molecule has 4 heterocycles. The molecule has 0 bridgehead atoms. The van der Waals surface area contributed by atoms with E-state index in [1.807, 2.05) is 6.92 Å². The number of ketones is 1. The number of H-pyrrole nitrogens is 1. The maximum Gasteiger partial charge on any atom is 0.215 e. The molecule has 0 saturated carbocycles. The van der Waals surface area contributed by atoms with Crippen molar-refractivity contribution in [2.75, 3.05) is 19.5 Å². The SMILES string of the molecule is COc1ccc2[nH]c(C(=O)c3c(N)n(-c4c(C)c(F)cc(OCC[Si](C)(C)C)c4C)c4nccnc34)cc2n1. The summed E-state index contributed by atoms with van der Waals surface area (Å²) in [6.07, 6.45) is 3.01. The molecular weight excluding hydrogens is 515 g/mol. The van der Waals surface area contributed by atoms with Crippen molar-refractivity contribution in [3.63, 3.8) is 0 Å². The molecule has 0 atom stereocenters. The molecule has 0 saturated heterocycles. The number of carbonyl (C=O) groups is 1. The molecule has 0 radical (unpaired) electrons. The van der Waals surface area contributed by atoms with Gasteiger partial charge in [-0.25, -0.2) is 14.4 Å². The van der Waals surface area contributed by atoms with Crippen LogP contribution in [0.1, 0.15) is 27.2 Å². The van der Waals surface area contributed by atoms with E-state index in [1.54, 1.807) is 29.7 Å². The van der Waals surface area contributed by atoms with E-state index in [0.717, 1.165) is 6.04 Å². The number of pyridine rings is 1. The summed E-state index contributed by atoms with van der Waals surface area (Å²) in [7, 11) is 0.179. The van der Waals surface area contributed by atoms with Crippen molar-refractivity contribution in [2.45, 2.75) is 39.5 Å². The molecule has 0 amide bonds. The summed E-state index contributed by atoms with van der Waals surface area (Å²) in [6.45, 7) is 10.8. The van der Waals surface area contributed by atoms with E-state index in [2.05, 4.69) is 39.6 Å². The number of carbonyl (C=O) groups excluding carboxylic acids is 1. The minimum absolute atomic E-state index is 0.107. The summed E-state index contributed by atoms with van der Waals surface area (Å²) in [5.41, 5.74) is 10.6. The van der Waals surface area contributed by atoms with Gasteiger partial charge < -0.3 is 20.2 Å². The molecule has 202 valence electrons. The van der Waals surface area contributed by atoms with E-state index in [4.69, 9.17) is 15.2 Å². The lowest BCUT2D eigenvalue weighted by atomic mass is 10.1. The summed E-state index contributed by atoms with van der Waals surface area (Å²) in [4.78, 5) is 30.3. The van der Waals surface area contributed by atoms with Crippen LogP contribution in [0.15, 0.2) is 36.7 Å². The van der Waals surface area contributed by atoms with Gasteiger partial charge in [0.05, 0.1) is 41.7 Å². The highest BCUT2D eigenvalue weighted by Crippen LogP contribution is 2.37. The fourth-order valence-corrected chi connectivity index (χ4v) is 5.34. The molecule has 39 heavy (non-hydrogen) atoms. The lowest BCUT2D eigenvalue weighted by Crippen LogP contribution is -2.22. The molecule has 0 spiro atoms. The van der Waals surface area contributed by atoms with E-state index in [9.17, 15) is 4.79 Å². The third-order valence-corrected chi connectivity index (χ3v) is 8.49. The number of methoxy groups -OCH3 is 1. The van der Waals surface area contributed by atoms with E-state index in [1.165, 1.54) is 25.6 Å². The lowest BCUT2D eigenvalue weighted by Gasteiger charge is -2.20. The topological polar surface area (TPSA) is 121 Å². The molecule has 11 heteroatoms. The minimum atomic E-state index is -1.35.